The number of likely N-dealkylation sites (tertiary alicyclic amines) is 2. The van der Waals surface area contributed by atoms with Gasteiger partial charge in [0.15, 0.2) is 0 Å². The lowest BCUT2D eigenvalue weighted by Crippen LogP contribution is -2.48. The predicted molar refractivity (Wildman–Crippen MR) is 399 cm³/mol. The molecule has 7 N–H and O–H groups in total. The molecule has 4 atom stereocenters. The second-order valence-electron chi connectivity index (χ2n) is 28.5. The number of aryl methyl sites for hydroxylation is 2. The number of halogens is 2. The number of amides is 7. The molecule has 25 nitrogen and oxygen atoms in total. The minimum Gasteiger partial charge on any atom is -0.480 e. The fourth-order valence-electron chi connectivity index (χ4n) is 14.1. The first kappa shape index (κ1) is 81.7. The van der Waals surface area contributed by atoms with Crippen LogP contribution in [0.2, 0.25) is 0 Å². The van der Waals surface area contributed by atoms with Crippen LogP contribution in [0.3, 0.4) is 0 Å². The van der Waals surface area contributed by atoms with E-state index < -0.39 is 121 Å². The molecule has 107 heavy (non-hydrogen) atoms. The molecular weight excluding hydrogens is 1440 g/mol. The molecule has 4 aromatic rings. The van der Waals surface area contributed by atoms with Crippen molar-refractivity contribution in [3.05, 3.63) is 177 Å². The number of hydrogen-bond acceptors (Lipinski definition) is 17. The summed E-state index contributed by atoms with van der Waals surface area (Å²) in [4.78, 5) is 112. The van der Waals surface area contributed by atoms with E-state index in [9.17, 15) is 83.4 Å². The highest BCUT2D eigenvalue weighted by Crippen LogP contribution is 2.51. The molecular formula is C77H91F2N9O16S3. The van der Waals surface area contributed by atoms with Gasteiger partial charge in [-0.2, -0.15) is 22.1 Å². The first-order chi connectivity index (χ1) is 50.5. The van der Waals surface area contributed by atoms with Gasteiger partial charge in [-0.1, -0.05) is 100 Å². The van der Waals surface area contributed by atoms with Crippen molar-refractivity contribution in [3.8, 4) is 11.8 Å². The van der Waals surface area contributed by atoms with E-state index in [2.05, 4.69) is 120 Å². The molecule has 3 aromatic carbocycles. The van der Waals surface area contributed by atoms with Crippen LogP contribution in [0.25, 0.3) is 5.57 Å². The molecule has 30 heteroatoms. The van der Waals surface area contributed by atoms with Gasteiger partial charge in [0.1, 0.15) is 29.6 Å². The third-order valence-corrected chi connectivity index (χ3v) is 22.6. The van der Waals surface area contributed by atoms with Crippen LogP contribution in [-0.2, 0) is 77.6 Å². The summed E-state index contributed by atoms with van der Waals surface area (Å²) in [6.45, 7) is 11.2. The number of allylic oxidation sites excluding steroid dienone is 9. The van der Waals surface area contributed by atoms with Crippen molar-refractivity contribution < 1.29 is 82.9 Å². The van der Waals surface area contributed by atoms with E-state index in [4.69, 9.17) is 4.74 Å². The van der Waals surface area contributed by atoms with Crippen LogP contribution >= 0.6 is 11.8 Å². The van der Waals surface area contributed by atoms with Gasteiger partial charge in [0, 0.05) is 91.5 Å². The number of unbranched alkanes of at least 4 members (excludes halogenated alkanes) is 2. The Balaban J connectivity index is 0.781. The number of anilines is 1. The van der Waals surface area contributed by atoms with Crippen molar-refractivity contribution in [2.45, 2.75) is 178 Å². The Morgan fingerprint density at radius 1 is 0.794 bits per heavy atom. The summed E-state index contributed by atoms with van der Waals surface area (Å²) in [6, 6.07) is 22.2. The standard InChI is InChI=1S/C77H91F2N9O16S3/c1-48-19-27-58-57(16-9-11-38-106(98,99)100)59(75(3,4)61(58)40-48)28-23-51-14-13-15-52(24-29-65-76(5,6)60-17-7-8-18-63(60)86(65)36-10-12-39-107(101,102)103)70(51)104-56-25-20-50(21-26-56)22-30-66(89)82-35-37-87-69(92)42-64(73(87)95)105-46-62(74(96)97)85-68(91)32-31-67(90)83-45-54-41-53(33-34-81-54)71(93)84-49(2)72(94)88-47-77(78,79)43-55(88)44-80/h7-8,17-21,23-29,33-34,40-41,49,55,62,64H,9-16,22,30-32,35-39,42-43,45-47H2,1-6H3,(H,82,89)(H,83,90)(H,84,93)(H,85,91)(H,96,97)(H,98,99,100)(H,101,102,103)/b28-23+,52-24+,65-29+/t49-,55-,62?,64?/m0/s1. The first-order valence-electron chi connectivity index (χ1n) is 35.6. The monoisotopic (exact) mass is 1530 g/mol. The van der Waals surface area contributed by atoms with Crippen molar-refractivity contribution in [1.29, 1.82) is 5.26 Å². The largest absolute Gasteiger partial charge is 0.480 e. The molecule has 2 saturated heterocycles. The maximum Gasteiger partial charge on any atom is 0.327 e. The van der Waals surface area contributed by atoms with E-state index >= 15 is 0 Å². The summed E-state index contributed by atoms with van der Waals surface area (Å²) in [7, 11) is -8.27. The molecule has 1 aromatic heterocycles. The Morgan fingerprint density at radius 2 is 1.50 bits per heavy atom. The summed E-state index contributed by atoms with van der Waals surface area (Å²) < 4.78 is 101. The minimum atomic E-state index is -4.14. The van der Waals surface area contributed by atoms with Crippen molar-refractivity contribution in [3.63, 3.8) is 0 Å². The number of aliphatic carboxylic acids is 1. The summed E-state index contributed by atoms with van der Waals surface area (Å²) in [5.74, 6) is -8.92. The number of carboxylic acid groups (broad SMARTS) is 1. The number of hydrogen-bond donors (Lipinski definition) is 7. The number of alkyl halides is 2. The Kier molecular flexibility index (Phi) is 26.8. The third kappa shape index (κ3) is 21.5. The van der Waals surface area contributed by atoms with Crippen LogP contribution in [0.5, 0.6) is 5.75 Å². The molecule has 5 aliphatic rings. The number of para-hydroxylation sites is 1. The number of nitriles is 1. The molecule has 0 radical (unpaired) electrons. The first-order valence-corrected chi connectivity index (χ1v) is 39.9. The number of benzene rings is 3. The number of rotatable bonds is 34. The maximum atomic E-state index is 13.9. The van der Waals surface area contributed by atoms with Gasteiger partial charge in [-0.3, -0.25) is 52.6 Å². The lowest BCUT2D eigenvalue weighted by molar-refractivity contribution is -0.141. The number of nitrogens with zero attached hydrogens (tertiary/aromatic N) is 5. The highest BCUT2D eigenvalue weighted by molar-refractivity contribution is 8.00. The summed E-state index contributed by atoms with van der Waals surface area (Å²) in [6.07, 6.45) is 12.7. The van der Waals surface area contributed by atoms with Crippen LogP contribution in [0.15, 0.2) is 138 Å². The quantitative estimate of drug-likeness (QED) is 0.0130. The average molecular weight is 1530 g/mol. The number of ether oxygens (including phenoxy) is 1. The number of carboxylic acids is 1. The highest BCUT2D eigenvalue weighted by atomic mass is 32.2. The molecule has 9 rings (SSSR count). The van der Waals surface area contributed by atoms with Crippen molar-refractivity contribution in [2.75, 3.05) is 48.3 Å². The van der Waals surface area contributed by atoms with E-state index in [-0.39, 0.29) is 79.7 Å². The Labute approximate surface area is 626 Å². The summed E-state index contributed by atoms with van der Waals surface area (Å²) in [5.41, 5.74) is 10.8. The molecule has 3 aliphatic heterocycles. The lowest BCUT2D eigenvalue weighted by atomic mass is 9.80. The number of pyridine rings is 1. The van der Waals surface area contributed by atoms with E-state index in [1.807, 2.05) is 36.4 Å². The molecule has 572 valence electrons. The zero-order valence-electron chi connectivity index (χ0n) is 60.6. The SMILES string of the molecule is Cc1ccc2c(c1)C(C)(C)C(/C=C/C1=C(Oc3ccc(CCC(=O)NCCN4C(=O)CC(SCC(NC(=O)CCC(=O)NCc5cc(C(=O)N[C@@H](C)C(=O)N6CC(F)(F)C[C@H]6C#N)ccn5)C(=O)O)C4=O)cc3)C(=C/C=C3/N(CCCCS(=O)(=O)O)c4ccccc4C3(C)C)/CCC1)=C2CCCCS(=O)(=O)O. The molecule has 2 fully saturated rings. The van der Waals surface area contributed by atoms with E-state index in [1.54, 1.807) is 6.07 Å². The maximum absolute atomic E-state index is 13.9. The van der Waals surface area contributed by atoms with Crippen LogP contribution < -0.4 is 30.9 Å². The van der Waals surface area contributed by atoms with Crippen LogP contribution in [0.4, 0.5) is 14.5 Å². The minimum absolute atomic E-state index is 0.0225. The van der Waals surface area contributed by atoms with E-state index in [0.29, 0.717) is 63.0 Å². The fraction of sp³-hybridized carbons (Fsp3) is 0.455. The van der Waals surface area contributed by atoms with Crippen molar-refractivity contribution in [2.24, 2.45) is 0 Å². The Bertz CT molecular complexity index is 4550. The molecule has 4 heterocycles. The van der Waals surface area contributed by atoms with Crippen molar-refractivity contribution >= 4 is 90.6 Å². The van der Waals surface area contributed by atoms with Crippen LogP contribution in [-0.4, -0.2) is 166 Å². The molecule has 7 amide bonds. The molecule has 0 spiro atoms. The highest BCUT2D eigenvalue weighted by Gasteiger charge is 2.49. The third-order valence-electron chi connectivity index (χ3n) is 19.7. The van der Waals surface area contributed by atoms with Crippen LogP contribution in [0.1, 0.15) is 162 Å². The van der Waals surface area contributed by atoms with E-state index in [0.717, 1.165) is 83.9 Å². The number of carbonyl (C=O) groups is 8. The number of aromatic nitrogens is 1. The van der Waals surface area contributed by atoms with E-state index in [1.165, 1.54) is 30.8 Å². The van der Waals surface area contributed by atoms with Gasteiger partial charge >= 0.3 is 5.97 Å². The van der Waals surface area contributed by atoms with Gasteiger partial charge in [-0.25, -0.2) is 13.6 Å². The second-order valence-corrected chi connectivity index (χ2v) is 32.9. The Morgan fingerprint density at radius 3 is 2.21 bits per heavy atom. The van der Waals surface area contributed by atoms with Gasteiger partial charge in [-0.05, 0) is 153 Å². The average Bonchev–Trinajstić information content (AvgIpc) is 1.60. The zero-order chi connectivity index (χ0) is 77.8. The topological polar surface area (TPSA) is 369 Å². The Hall–Kier alpha value is -9.41. The molecule has 2 unspecified atom stereocenters. The molecule has 2 aliphatic carbocycles. The smallest absolute Gasteiger partial charge is 0.327 e. The number of imide groups is 1. The van der Waals surface area contributed by atoms with Gasteiger partial charge in [-0.15, -0.1) is 11.8 Å². The normalized spacial score (nSPS) is 19.4. The van der Waals surface area contributed by atoms with Gasteiger partial charge in [0.25, 0.3) is 32.1 Å². The fourth-order valence-corrected chi connectivity index (χ4v) is 16.4. The summed E-state index contributed by atoms with van der Waals surface area (Å²) >= 11 is 0.867. The number of carbonyl (C=O) groups excluding carboxylic acids is 7. The molecule has 0 saturated carbocycles. The number of thioether (sulfide) groups is 1. The number of nitrogens with one attached hydrogen (secondary N) is 4. The molecule has 0 bridgehead atoms. The van der Waals surface area contributed by atoms with Gasteiger partial charge < -0.3 is 40.9 Å². The lowest BCUT2D eigenvalue weighted by Gasteiger charge is -2.28. The van der Waals surface area contributed by atoms with Crippen molar-refractivity contribution in [1.82, 2.24) is 36.1 Å². The van der Waals surface area contributed by atoms with Crippen LogP contribution in [0, 0.1) is 18.3 Å². The summed E-state index contributed by atoms with van der Waals surface area (Å²) in [5, 5.41) is 28.3. The number of fused-ring (bicyclic) bond motifs is 2. The predicted octanol–water partition coefficient (Wildman–Crippen LogP) is 9.30. The zero-order valence-corrected chi connectivity index (χ0v) is 63.1. The van der Waals surface area contributed by atoms with Gasteiger partial charge in [0.05, 0.1) is 41.6 Å². The second kappa shape index (κ2) is 35.1. The van der Waals surface area contributed by atoms with Gasteiger partial charge in [0.2, 0.25) is 35.4 Å².